The molecule has 1 amide bonds. The maximum Gasteiger partial charge on any atom is 0.241 e. The van der Waals surface area contributed by atoms with Gasteiger partial charge in [-0.1, -0.05) is 18.2 Å². The summed E-state index contributed by atoms with van der Waals surface area (Å²) in [7, 11) is 0. The van der Waals surface area contributed by atoms with E-state index < -0.39 is 0 Å². The molecule has 0 saturated carbocycles. The monoisotopic (exact) mass is 408 g/mol. The van der Waals surface area contributed by atoms with E-state index >= 15 is 0 Å². The fraction of sp³-hybridized carbons (Fsp3) is 0.391. The Morgan fingerprint density at radius 1 is 1.17 bits per heavy atom. The van der Waals surface area contributed by atoms with Crippen molar-refractivity contribution in [3.05, 3.63) is 63.6 Å². The smallest absolute Gasteiger partial charge is 0.241 e. The Labute approximate surface area is 176 Å². The van der Waals surface area contributed by atoms with Gasteiger partial charge in [0.1, 0.15) is 0 Å². The number of benzene rings is 1. The number of thiophene rings is 1. The second kappa shape index (κ2) is 8.13. The Balaban J connectivity index is 1.53. The van der Waals surface area contributed by atoms with E-state index in [1.54, 1.807) is 0 Å². The van der Waals surface area contributed by atoms with Crippen molar-refractivity contribution in [3.63, 3.8) is 0 Å². The minimum absolute atomic E-state index is 0.0315. The summed E-state index contributed by atoms with van der Waals surface area (Å²) in [6.45, 7) is 9.05. The Bertz CT molecular complexity index is 1010. The number of para-hydroxylation sites is 1. The van der Waals surface area contributed by atoms with Gasteiger partial charge in [-0.25, -0.2) is 4.68 Å². The first-order valence-corrected chi connectivity index (χ1v) is 11.0. The van der Waals surface area contributed by atoms with Gasteiger partial charge in [0, 0.05) is 15.8 Å². The molecule has 3 aromatic rings. The number of likely N-dealkylation sites (tertiary alicyclic amines) is 1. The first-order valence-electron chi connectivity index (χ1n) is 10.2. The number of hydrogen-bond acceptors (Lipinski definition) is 4. The van der Waals surface area contributed by atoms with Crippen LogP contribution in [-0.2, 0) is 4.79 Å². The topological polar surface area (TPSA) is 50.2 Å². The molecule has 0 bridgehead atoms. The van der Waals surface area contributed by atoms with Crippen molar-refractivity contribution in [2.24, 2.45) is 0 Å². The van der Waals surface area contributed by atoms with Crippen LogP contribution in [-0.4, -0.2) is 33.2 Å². The zero-order valence-corrected chi connectivity index (χ0v) is 18.3. The highest BCUT2D eigenvalue weighted by Gasteiger charge is 2.34. The number of carbonyl (C=O) groups excluding carboxylic acids is 1. The van der Waals surface area contributed by atoms with E-state index in [1.807, 2.05) is 67.1 Å². The average Bonchev–Trinajstić information content (AvgIpc) is 3.43. The summed E-state index contributed by atoms with van der Waals surface area (Å²) in [6, 6.07) is 14.5. The molecule has 1 fully saturated rings. The molecule has 0 radical (unpaired) electrons. The molecule has 29 heavy (non-hydrogen) atoms. The summed E-state index contributed by atoms with van der Waals surface area (Å²) in [5.41, 5.74) is 3.59. The molecule has 4 rings (SSSR count). The summed E-state index contributed by atoms with van der Waals surface area (Å²) < 4.78 is 1.89. The van der Waals surface area contributed by atoms with Gasteiger partial charge in [-0.15, -0.1) is 11.3 Å². The standard InChI is InChI=1S/C23H28N4OS/c1-15-12-13-21(29-15)20-11-8-14-26(20)18(4)23(28)24-22-16(2)25-27(17(22)3)19-9-6-5-7-10-19/h5-7,9-10,12-13,18,20H,8,11,14H2,1-4H3,(H,24,28). The molecule has 1 aromatic carbocycles. The van der Waals surface area contributed by atoms with Crippen LogP contribution in [0.15, 0.2) is 42.5 Å². The number of aromatic nitrogens is 2. The van der Waals surface area contributed by atoms with Crippen LogP contribution in [0.4, 0.5) is 5.69 Å². The zero-order valence-electron chi connectivity index (χ0n) is 17.5. The van der Waals surface area contributed by atoms with Crippen molar-refractivity contribution >= 4 is 22.9 Å². The van der Waals surface area contributed by atoms with Gasteiger partial charge in [-0.3, -0.25) is 9.69 Å². The highest BCUT2D eigenvalue weighted by Crippen LogP contribution is 2.37. The van der Waals surface area contributed by atoms with Crippen LogP contribution in [0.5, 0.6) is 0 Å². The van der Waals surface area contributed by atoms with Gasteiger partial charge in [0.05, 0.1) is 28.8 Å². The molecular formula is C23H28N4OS. The summed E-state index contributed by atoms with van der Waals surface area (Å²) >= 11 is 1.84. The second-order valence-corrected chi connectivity index (χ2v) is 9.12. The van der Waals surface area contributed by atoms with Crippen molar-refractivity contribution in [2.45, 2.75) is 52.6 Å². The van der Waals surface area contributed by atoms with Gasteiger partial charge in [-0.05, 0) is 71.3 Å². The number of carbonyl (C=O) groups is 1. The van der Waals surface area contributed by atoms with E-state index in [0.29, 0.717) is 6.04 Å². The summed E-state index contributed by atoms with van der Waals surface area (Å²) in [5.74, 6) is 0.0315. The van der Waals surface area contributed by atoms with Gasteiger partial charge in [0.25, 0.3) is 0 Å². The zero-order chi connectivity index (χ0) is 20.5. The van der Waals surface area contributed by atoms with E-state index in [4.69, 9.17) is 0 Å². The number of amides is 1. The number of nitrogens with one attached hydrogen (secondary N) is 1. The molecule has 2 aromatic heterocycles. The maximum atomic E-state index is 13.1. The van der Waals surface area contributed by atoms with Crippen molar-refractivity contribution in [3.8, 4) is 5.69 Å². The van der Waals surface area contributed by atoms with Crippen LogP contribution in [0.2, 0.25) is 0 Å². The molecule has 1 saturated heterocycles. The van der Waals surface area contributed by atoms with E-state index in [9.17, 15) is 4.79 Å². The first-order chi connectivity index (χ1) is 14.0. The van der Waals surface area contributed by atoms with Gasteiger partial charge >= 0.3 is 0 Å². The Morgan fingerprint density at radius 3 is 2.62 bits per heavy atom. The molecule has 2 unspecified atom stereocenters. The van der Waals surface area contributed by atoms with E-state index in [1.165, 1.54) is 9.75 Å². The van der Waals surface area contributed by atoms with E-state index in [-0.39, 0.29) is 11.9 Å². The molecule has 5 nitrogen and oxygen atoms in total. The molecular weight excluding hydrogens is 380 g/mol. The lowest BCUT2D eigenvalue weighted by molar-refractivity contribution is -0.121. The fourth-order valence-electron chi connectivity index (χ4n) is 4.21. The van der Waals surface area contributed by atoms with Crippen LogP contribution in [0.1, 0.15) is 46.9 Å². The van der Waals surface area contributed by atoms with Crippen LogP contribution < -0.4 is 5.32 Å². The van der Waals surface area contributed by atoms with E-state index in [0.717, 1.165) is 42.1 Å². The van der Waals surface area contributed by atoms with Crippen LogP contribution >= 0.6 is 11.3 Å². The summed E-state index contributed by atoms with van der Waals surface area (Å²) in [5, 5.41) is 7.81. The maximum absolute atomic E-state index is 13.1. The first kappa shape index (κ1) is 19.9. The lowest BCUT2D eigenvalue weighted by atomic mass is 10.1. The van der Waals surface area contributed by atoms with Gasteiger partial charge in [-0.2, -0.15) is 5.10 Å². The minimum Gasteiger partial charge on any atom is -0.322 e. The van der Waals surface area contributed by atoms with Crippen molar-refractivity contribution in [2.75, 3.05) is 11.9 Å². The molecule has 152 valence electrons. The third-order valence-corrected chi connectivity index (χ3v) is 6.90. The lowest BCUT2D eigenvalue weighted by Crippen LogP contribution is -2.41. The number of aryl methyl sites for hydroxylation is 2. The molecule has 1 N–H and O–H groups in total. The highest BCUT2D eigenvalue weighted by molar-refractivity contribution is 7.12. The molecule has 1 aliphatic heterocycles. The van der Waals surface area contributed by atoms with Gasteiger partial charge in [0.2, 0.25) is 5.91 Å². The predicted octanol–water partition coefficient (Wildman–Crippen LogP) is 5.02. The summed E-state index contributed by atoms with van der Waals surface area (Å²) in [6.07, 6.45) is 2.24. The van der Waals surface area contributed by atoms with E-state index in [2.05, 4.69) is 34.4 Å². The van der Waals surface area contributed by atoms with Crippen molar-refractivity contribution < 1.29 is 4.79 Å². The largest absolute Gasteiger partial charge is 0.322 e. The molecule has 1 aliphatic rings. The number of hydrogen-bond donors (Lipinski definition) is 1. The lowest BCUT2D eigenvalue weighted by Gasteiger charge is -2.29. The molecule has 6 heteroatoms. The third kappa shape index (κ3) is 3.87. The van der Waals surface area contributed by atoms with Gasteiger partial charge in [0.15, 0.2) is 0 Å². The molecule has 2 atom stereocenters. The fourth-order valence-corrected chi connectivity index (χ4v) is 5.25. The second-order valence-electron chi connectivity index (χ2n) is 7.80. The normalized spacial score (nSPS) is 18.1. The Kier molecular flexibility index (Phi) is 5.56. The SMILES string of the molecule is Cc1ccc(C2CCCN2C(C)C(=O)Nc2c(C)nn(-c3ccccc3)c2C)s1. The van der Waals surface area contributed by atoms with Crippen LogP contribution in [0.25, 0.3) is 5.69 Å². The van der Waals surface area contributed by atoms with Crippen molar-refractivity contribution in [1.29, 1.82) is 0 Å². The van der Waals surface area contributed by atoms with Gasteiger partial charge < -0.3 is 5.32 Å². The predicted molar refractivity (Wildman–Crippen MR) is 119 cm³/mol. The number of rotatable bonds is 5. The number of anilines is 1. The Morgan fingerprint density at radius 2 is 1.93 bits per heavy atom. The molecule has 3 heterocycles. The quantitative estimate of drug-likeness (QED) is 0.645. The van der Waals surface area contributed by atoms with Crippen LogP contribution in [0, 0.1) is 20.8 Å². The minimum atomic E-state index is -0.191. The molecule has 0 aliphatic carbocycles. The summed E-state index contributed by atoms with van der Waals surface area (Å²) in [4.78, 5) is 18.2. The Hall–Kier alpha value is -2.44. The average molecular weight is 409 g/mol. The van der Waals surface area contributed by atoms with Crippen molar-refractivity contribution in [1.82, 2.24) is 14.7 Å². The number of nitrogens with zero attached hydrogens (tertiary/aromatic N) is 3. The highest BCUT2D eigenvalue weighted by atomic mass is 32.1. The molecule has 0 spiro atoms. The third-order valence-electron chi connectivity index (χ3n) is 5.80. The van der Waals surface area contributed by atoms with Crippen LogP contribution in [0.3, 0.4) is 0 Å².